The Morgan fingerprint density at radius 1 is 0.938 bits per heavy atom. The number of aryl methyl sites for hydroxylation is 1. The van der Waals surface area contributed by atoms with Gasteiger partial charge in [-0.1, -0.05) is 39.8 Å². The van der Waals surface area contributed by atoms with Crippen molar-refractivity contribution in [3.8, 4) is 0 Å². The molecule has 0 saturated heterocycles. The summed E-state index contributed by atoms with van der Waals surface area (Å²) in [5.41, 5.74) is 4.43. The van der Waals surface area contributed by atoms with E-state index in [2.05, 4.69) is 52.1 Å². The average Bonchev–Trinajstić information content (AvgIpc) is 2.59. The first-order valence-electron chi connectivity index (χ1n) is 6.03. The van der Waals surface area contributed by atoms with E-state index in [4.69, 9.17) is 0 Å². The highest BCUT2D eigenvalue weighted by Gasteiger charge is 2.13. The normalized spacial score (nSPS) is 11.9. The molecular formula is C15H20S. The zero-order chi connectivity index (χ0) is 11.9. The largest absolute Gasteiger partial charge is 0.143 e. The van der Waals surface area contributed by atoms with Gasteiger partial charge in [0.15, 0.2) is 0 Å². The van der Waals surface area contributed by atoms with Crippen molar-refractivity contribution in [2.24, 2.45) is 0 Å². The molecule has 0 unspecified atom stereocenters. The van der Waals surface area contributed by atoms with Gasteiger partial charge >= 0.3 is 0 Å². The quantitative estimate of drug-likeness (QED) is 0.645. The van der Waals surface area contributed by atoms with E-state index in [1.54, 1.807) is 0 Å². The molecule has 16 heavy (non-hydrogen) atoms. The first-order chi connectivity index (χ1) is 7.52. The lowest BCUT2D eigenvalue weighted by Crippen LogP contribution is -1.93. The molecule has 1 heteroatoms. The standard InChI is InChI=1S/C15H20S/c1-9(2)12-6-7-13(10(3)4)15-14(12)11(5)8-16-15/h6-10H,1-5H3. The van der Waals surface area contributed by atoms with E-state index in [1.807, 2.05) is 11.3 Å². The Balaban J connectivity index is 2.79. The lowest BCUT2D eigenvalue weighted by Gasteiger charge is -2.13. The van der Waals surface area contributed by atoms with Gasteiger partial charge < -0.3 is 0 Å². The third-order valence-electron chi connectivity index (χ3n) is 3.21. The van der Waals surface area contributed by atoms with Crippen LogP contribution in [0.5, 0.6) is 0 Å². The molecule has 86 valence electrons. The highest BCUT2D eigenvalue weighted by Crippen LogP contribution is 2.37. The van der Waals surface area contributed by atoms with Crippen LogP contribution in [0.4, 0.5) is 0 Å². The van der Waals surface area contributed by atoms with Gasteiger partial charge in [0.05, 0.1) is 0 Å². The molecule has 0 radical (unpaired) electrons. The van der Waals surface area contributed by atoms with Gasteiger partial charge in [0.1, 0.15) is 0 Å². The fraction of sp³-hybridized carbons (Fsp3) is 0.467. The lowest BCUT2D eigenvalue weighted by molar-refractivity contribution is 0.860. The Kier molecular flexibility index (Phi) is 3.07. The van der Waals surface area contributed by atoms with Gasteiger partial charge in [0.2, 0.25) is 0 Å². The Hall–Kier alpha value is -0.820. The lowest BCUT2D eigenvalue weighted by atomic mass is 9.92. The molecule has 0 spiro atoms. The van der Waals surface area contributed by atoms with Crippen molar-refractivity contribution in [2.45, 2.75) is 46.5 Å². The minimum absolute atomic E-state index is 0.608. The minimum atomic E-state index is 0.608. The number of hydrogen-bond donors (Lipinski definition) is 0. The summed E-state index contributed by atoms with van der Waals surface area (Å²) < 4.78 is 1.50. The zero-order valence-electron chi connectivity index (χ0n) is 10.8. The smallest absolute Gasteiger partial charge is 0.0382 e. The highest BCUT2D eigenvalue weighted by atomic mass is 32.1. The number of thiophene rings is 1. The van der Waals surface area contributed by atoms with Crippen LogP contribution in [0.3, 0.4) is 0 Å². The van der Waals surface area contributed by atoms with Gasteiger partial charge in [-0.15, -0.1) is 11.3 Å². The first-order valence-corrected chi connectivity index (χ1v) is 6.91. The summed E-state index contributed by atoms with van der Waals surface area (Å²) in [6.45, 7) is 11.3. The number of fused-ring (bicyclic) bond motifs is 1. The number of rotatable bonds is 2. The van der Waals surface area contributed by atoms with E-state index >= 15 is 0 Å². The minimum Gasteiger partial charge on any atom is -0.143 e. The van der Waals surface area contributed by atoms with Crippen LogP contribution in [0.1, 0.15) is 56.2 Å². The zero-order valence-corrected chi connectivity index (χ0v) is 11.6. The van der Waals surface area contributed by atoms with Gasteiger partial charge in [0, 0.05) is 4.70 Å². The van der Waals surface area contributed by atoms with Crippen molar-refractivity contribution in [3.05, 3.63) is 34.2 Å². The summed E-state index contributed by atoms with van der Waals surface area (Å²) in [7, 11) is 0. The van der Waals surface area contributed by atoms with Crippen LogP contribution in [0.2, 0.25) is 0 Å². The molecule has 0 aliphatic heterocycles. The van der Waals surface area contributed by atoms with Crippen molar-refractivity contribution >= 4 is 21.4 Å². The van der Waals surface area contributed by atoms with E-state index < -0.39 is 0 Å². The van der Waals surface area contributed by atoms with Crippen LogP contribution < -0.4 is 0 Å². The Morgan fingerprint density at radius 2 is 1.50 bits per heavy atom. The van der Waals surface area contributed by atoms with Crippen LogP contribution in [-0.4, -0.2) is 0 Å². The van der Waals surface area contributed by atoms with E-state index in [-0.39, 0.29) is 0 Å². The second-order valence-electron chi connectivity index (χ2n) is 5.18. The second-order valence-corrected chi connectivity index (χ2v) is 6.06. The number of hydrogen-bond acceptors (Lipinski definition) is 1. The molecule has 0 atom stereocenters. The van der Waals surface area contributed by atoms with E-state index in [1.165, 1.54) is 26.8 Å². The summed E-state index contributed by atoms with van der Waals surface area (Å²) in [6.07, 6.45) is 0. The van der Waals surface area contributed by atoms with Crippen molar-refractivity contribution in [1.82, 2.24) is 0 Å². The molecule has 0 aliphatic rings. The van der Waals surface area contributed by atoms with E-state index in [0.29, 0.717) is 11.8 Å². The summed E-state index contributed by atoms with van der Waals surface area (Å²) in [5.74, 6) is 1.22. The average molecular weight is 232 g/mol. The van der Waals surface area contributed by atoms with Gasteiger partial charge in [-0.2, -0.15) is 0 Å². The highest BCUT2D eigenvalue weighted by molar-refractivity contribution is 7.17. The molecule has 1 aromatic heterocycles. The van der Waals surface area contributed by atoms with Crippen molar-refractivity contribution < 1.29 is 0 Å². The van der Waals surface area contributed by atoms with Gasteiger partial charge in [-0.25, -0.2) is 0 Å². The van der Waals surface area contributed by atoms with E-state index in [9.17, 15) is 0 Å². The summed E-state index contributed by atoms with van der Waals surface area (Å²) in [4.78, 5) is 0. The number of benzene rings is 1. The van der Waals surface area contributed by atoms with Gasteiger partial charge in [-0.3, -0.25) is 0 Å². The molecule has 0 aliphatic carbocycles. The summed E-state index contributed by atoms with van der Waals surface area (Å²) in [5, 5.41) is 3.80. The maximum absolute atomic E-state index is 2.32. The van der Waals surface area contributed by atoms with Crippen LogP contribution in [0, 0.1) is 6.92 Å². The maximum Gasteiger partial charge on any atom is 0.0382 e. The van der Waals surface area contributed by atoms with Gasteiger partial charge in [-0.05, 0) is 46.2 Å². The predicted octanol–water partition coefficient (Wildman–Crippen LogP) is 5.46. The molecule has 0 N–H and O–H groups in total. The fourth-order valence-electron chi connectivity index (χ4n) is 2.29. The van der Waals surface area contributed by atoms with E-state index in [0.717, 1.165) is 0 Å². The van der Waals surface area contributed by atoms with Crippen LogP contribution in [-0.2, 0) is 0 Å². The predicted molar refractivity (Wildman–Crippen MR) is 74.7 cm³/mol. The molecule has 0 amide bonds. The molecule has 0 nitrogen and oxygen atoms in total. The molecule has 2 rings (SSSR count). The third-order valence-corrected chi connectivity index (χ3v) is 4.36. The molecule has 1 aromatic carbocycles. The van der Waals surface area contributed by atoms with Crippen LogP contribution in [0.25, 0.3) is 10.1 Å². The molecule has 2 aromatic rings. The fourth-order valence-corrected chi connectivity index (χ4v) is 3.54. The SMILES string of the molecule is Cc1csc2c(C(C)C)ccc(C(C)C)c12. The molecule has 1 heterocycles. The Labute approximate surface area is 102 Å². The molecule has 0 saturated carbocycles. The Bertz CT molecular complexity index is 503. The third kappa shape index (κ3) is 1.78. The topological polar surface area (TPSA) is 0 Å². The molecular weight excluding hydrogens is 212 g/mol. The van der Waals surface area contributed by atoms with Crippen molar-refractivity contribution in [2.75, 3.05) is 0 Å². The van der Waals surface area contributed by atoms with Crippen LogP contribution >= 0.6 is 11.3 Å². The second kappa shape index (κ2) is 4.21. The molecule has 0 fully saturated rings. The van der Waals surface area contributed by atoms with Crippen LogP contribution in [0.15, 0.2) is 17.5 Å². The summed E-state index contributed by atoms with van der Waals surface area (Å²) >= 11 is 1.90. The first kappa shape index (κ1) is 11.7. The van der Waals surface area contributed by atoms with Gasteiger partial charge in [0.25, 0.3) is 0 Å². The maximum atomic E-state index is 2.32. The molecule has 0 bridgehead atoms. The van der Waals surface area contributed by atoms with Crippen molar-refractivity contribution in [1.29, 1.82) is 0 Å². The summed E-state index contributed by atoms with van der Waals surface area (Å²) in [6, 6.07) is 4.64. The Morgan fingerprint density at radius 3 is 2.06 bits per heavy atom. The monoisotopic (exact) mass is 232 g/mol. The van der Waals surface area contributed by atoms with Crippen molar-refractivity contribution in [3.63, 3.8) is 0 Å².